The van der Waals surface area contributed by atoms with Crippen molar-refractivity contribution in [1.82, 2.24) is 20.0 Å². The number of benzene rings is 1. The first-order chi connectivity index (χ1) is 12.7. The number of carbonyl (C=O) groups is 1. The standard InChI is InChI=1S/C20H25N5O/c1-2-23-11-13-24(14-12-23)20(26)18-7-8-19(22-21-18)25-10-9-16-5-3-4-6-17(16)15-25/h3-8H,2,9-15H2,1H3. The van der Waals surface area contributed by atoms with E-state index >= 15 is 0 Å². The van der Waals surface area contributed by atoms with Crippen molar-refractivity contribution in [2.75, 3.05) is 44.2 Å². The summed E-state index contributed by atoms with van der Waals surface area (Å²) in [5, 5.41) is 8.57. The number of nitrogens with zero attached hydrogens (tertiary/aromatic N) is 5. The summed E-state index contributed by atoms with van der Waals surface area (Å²) in [6.07, 6.45) is 1.01. The van der Waals surface area contributed by atoms with Crippen LogP contribution < -0.4 is 4.90 Å². The van der Waals surface area contributed by atoms with E-state index in [1.54, 1.807) is 0 Å². The lowest BCUT2D eigenvalue weighted by molar-refractivity contribution is 0.0636. The zero-order valence-electron chi connectivity index (χ0n) is 15.3. The molecule has 1 aromatic heterocycles. The molecule has 0 saturated carbocycles. The molecule has 6 nitrogen and oxygen atoms in total. The molecule has 26 heavy (non-hydrogen) atoms. The van der Waals surface area contributed by atoms with Crippen molar-refractivity contribution in [3.8, 4) is 0 Å². The average Bonchev–Trinajstić information content (AvgIpc) is 2.73. The fraction of sp³-hybridized carbons (Fsp3) is 0.450. The Hall–Kier alpha value is -2.47. The fourth-order valence-electron chi connectivity index (χ4n) is 3.73. The smallest absolute Gasteiger partial charge is 0.274 e. The third-order valence-electron chi connectivity index (χ3n) is 5.43. The summed E-state index contributed by atoms with van der Waals surface area (Å²) in [5.41, 5.74) is 3.19. The van der Waals surface area contributed by atoms with Crippen LogP contribution in [0.25, 0.3) is 0 Å². The SMILES string of the molecule is CCN1CCN(C(=O)c2ccc(N3CCc4ccccc4C3)nn2)CC1. The highest BCUT2D eigenvalue weighted by Gasteiger charge is 2.23. The van der Waals surface area contributed by atoms with Crippen molar-refractivity contribution in [2.45, 2.75) is 19.9 Å². The van der Waals surface area contributed by atoms with Gasteiger partial charge in [0.2, 0.25) is 0 Å². The first kappa shape index (κ1) is 17.0. The number of aromatic nitrogens is 2. The summed E-state index contributed by atoms with van der Waals surface area (Å²) in [6.45, 7) is 8.35. The summed E-state index contributed by atoms with van der Waals surface area (Å²) < 4.78 is 0. The van der Waals surface area contributed by atoms with Gasteiger partial charge in [-0.05, 0) is 36.2 Å². The molecular formula is C20H25N5O. The lowest BCUT2D eigenvalue weighted by atomic mass is 10.00. The molecule has 1 aromatic carbocycles. The number of hydrogen-bond acceptors (Lipinski definition) is 5. The van der Waals surface area contributed by atoms with Gasteiger partial charge in [0.25, 0.3) is 5.91 Å². The molecule has 2 aromatic rings. The Morgan fingerprint density at radius 2 is 1.73 bits per heavy atom. The molecule has 0 atom stereocenters. The van der Waals surface area contributed by atoms with E-state index in [1.807, 2.05) is 17.0 Å². The molecule has 6 heteroatoms. The minimum Gasteiger partial charge on any atom is -0.350 e. The van der Waals surface area contributed by atoms with Crippen LogP contribution in [0.5, 0.6) is 0 Å². The molecule has 2 aliphatic heterocycles. The van der Waals surface area contributed by atoms with Gasteiger partial charge in [0.15, 0.2) is 11.5 Å². The first-order valence-corrected chi connectivity index (χ1v) is 9.41. The normalized spacial score (nSPS) is 17.9. The van der Waals surface area contributed by atoms with Crippen LogP contribution >= 0.6 is 0 Å². The monoisotopic (exact) mass is 351 g/mol. The minimum absolute atomic E-state index is 0.0104. The maximum absolute atomic E-state index is 12.6. The molecule has 3 heterocycles. The van der Waals surface area contributed by atoms with Gasteiger partial charge in [0, 0.05) is 39.3 Å². The first-order valence-electron chi connectivity index (χ1n) is 9.41. The molecule has 0 aliphatic carbocycles. The van der Waals surface area contributed by atoms with E-state index in [-0.39, 0.29) is 5.91 Å². The van der Waals surface area contributed by atoms with Crippen molar-refractivity contribution in [2.24, 2.45) is 0 Å². The Labute approximate surface area is 154 Å². The molecular weight excluding hydrogens is 326 g/mol. The van der Waals surface area contributed by atoms with Gasteiger partial charge < -0.3 is 14.7 Å². The number of piperazine rings is 1. The molecule has 1 amide bonds. The van der Waals surface area contributed by atoms with Crippen molar-refractivity contribution >= 4 is 11.7 Å². The number of hydrogen-bond donors (Lipinski definition) is 0. The summed E-state index contributed by atoms with van der Waals surface area (Å²) in [6, 6.07) is 12.3. The van der Waals surface area contributed by atoms with E-state index in [2.05, 4.69) is 51.2 Å². The molecule has 0 unspecified atom stereocenters. The second-order valence-corrected chi connectivity index (χ2v) is 6.94. The van der Waals surface area contributed by atoms with Crippen LogP contribution in [0.15, 0.2) is 36.4 Å². The molecule has 4 rings (SSSR count). The summed E-state index contributed by atoms with van der Waals surface area (Å²) in [4.78, 5) is 19.1. The molecule has 1 saturated heterocycles. The van der Waals surface area contributed by atoms with Crippen LogP contribution in [0.3, 0.4) is 0 Å². The highest BCUT2D eigenvalue weighted by atomic mass is 16.2. The van der Waals surface area contributed by atoms with Gasteiger partial charge in [0.1, 0.15) is 0 Å². The number of carbonyl (C=O) groups excluding carboxylic acids is 1. The quantitative estimate of drug-likeness (QED) is 0.844. The Kier molecular flexibility index (Phi) is 4.84. The van der Waals surface area contributed by atoms with Gasteiger partial charge in [-0.1, -0.05) is 31.2 Å². The molecule has 0 bridgehead atoms. The number of fused-ring (bicyclic) bond motifs is 1. The second-order valence-electron chi connectivity index (χ2n) is 6.94. The van der Waals surface area contributed by atoms with Gasteiger partial charge in [-0.2, -0.15) is 0 Å². The molecule has 0 N–H and O–H groups in total. The average molecular weight is 351 g/mol. The van der Waals surface area contributed by atoms with Gasteiger partial charge in [-0.3, -0.25) is 4.79 Å². The van der Waals surface area contributed by atoms with E-state index in [1.165, 1.54) is 11.1 Å². The van der Waals surface area contributed by atoms with E-state index in [4.69, 9.17) is 0 Å². The van der Waals surface area contributed by atoms with Crippen molar-refractivity contribution < 1.29 is 4.79 Å². The van der Waals surface area contributed by atoms with Crippen LogP contribution in [0.4, 0.5) is 5.82 Å². The fourth-order valence-corrected chi connectivity index (χ4v) is 3.73. The van der Waals surface area contributed by atoms with Crippen LogP contribution in [-0.4, -0.2) is 65.2 Å². The Morgan fingerprint density at radius 3 is 2.42 bits per heavy atom. The van der Waals surface area contributed by atoms with Crippen molar-refractivity contribution in [1.29, 1.82) is 0 Å². The maximum Gasteiger partial charge on any atom is 0.274 e. The number of likely N-dealkylation sites (N-methyl/N-ethyl adjacent to an activating group) is 1. The maximum atomic E-state index is 12.6. The summed E-state index contributed by atoms with van der Waals surface area (Å²) in [7, 11) is 0. The third-order valence-corrected chi connectivity index (χ3v) is 5.43. The number of rotatable bonds is 3. The molecule has 0 radical (unpaired) electrons. The number of anilines is 1. The Bertz CT molecular complexity index is 768. The topological polar surface area (TPSA) is 52.6 Å². The van der Waals surface area contributed by atoms with E-state index in [0.29, 0.717) is 5.69 Å². The van der Waals surface area contributed by atoms with E-state index < -0.39 is 0 Å². The highest BCUT2D eigenvalue weighted by molar-refractivity contribution is 5.92. The van der Waals surface area contributed by atoms with Crippen LogP contribution in [-0.2, 0) is 13.0 Å². The van der Waals surface area contributed by atoms with Crippen molar-refractivity contribution in [3.05, 3.63) is 53.2 Å². The minimum atomic E-state index is -0.0104. The lowest BCUT2D eigenvalue weighted by Gasteiger charge is -2.33. The summed E-state index contributed by atoms with van der Waals surface area (Å²) in [5.74, 6) is 0.829. The molecule has 1 fully saturated rings. The van der Waals surface area contributed by atoms with Gasteiger partial charge in [-0.25, -0.2) is 0 Å². The number of amides is 1. The highest BCUT2D eigenvalue weighted by Crippen LogP contribution is 2.22. The van der Waals surface area contributed by atoms with Crippen LogP contribution in [0, 0.1) is 0 Å². The zero-order valence-corrected chi connectivity index (χ0v) is 15.3. The predicted molar refractivity (Wildman–Crippen MR) is 101 cm³/mol. The van der Waals surface area contributed by atoms with E-state index in [0.717, 1.165) is 58.1 Å². The molecule has 2 aliphatic rings. The van der Waals surface area contributed by atoms with Crippen LogP contribution in [0.2, 0.25) is 0 Å². The van der Waals surface area contributed by atoms with Crippen molar-refractivity contribution in [3.63, 3.8) is 0 Å². The summed E-state index contributed by atoms with van der Waals surface area (Å²) >= 11 is 0. The van der Waals surface area contributed by atoms with Gasteiger partial charge in [0.05, 0.1) is 0 Å². The largest absolute Gasteiger partial charge is 0.350 e. The third kappa shape index (κ3) is 3.42. The second kappa shape index (κ2) is 7.41. The molecule has 136 valence electrons. The lowest BCUT2D eigenvalue weighted by Crippen LogP contribution is -2.48. The molecule has 0 spiro atoms. The van der Waals surface area contributed by atoms with Gasteiger partial charge in [-0.15, -0.1) is 10.2 Å². The predicted octanol–water partition coefficient (Wildman–Crippen LogP) is 1.82. The zero-order chi connectivity index (χ0) is 17.9. The Balaban J connectivity index is 1.42. The van der Waals surface area contributed by atoms with E-state index in [9.17, 15) is 4.79 Å². The Morgan fingerprint density at radius 1 is 0.962 bits per heavy atom. The van der Waals surface area contributed by atoms with Gasteiger partial charge >= 0.3 is 0 Å². The van der Waals surface area contributed by atoms with Crippen LogP contribution in [0.1, 0.15) is 28.5 Å².